The molecule has 0 aromatic heterocycles. The molecule has 3 N–H and O–H groups in total. The first-order chi connectivity index (χ1) is 15.8. The quantitative estimate of drug-likeness (QED) is 0.518. The number of carbonyl (C=O) groups is 3. The number of anilines is 1. The van der Waals surface area contributed by atoms with Crippen LogP contribution in [0.15, 0.2) is 42.5 Å². The molecule has 0 heterocycles. The number of rotatable bonds is 7. The Kier molecular flexibility index (Phi) is 8.93. The summed E-state index contributed by atoms with van der Waals surface area (Å²) in [6.07, 6.45) is -0.741. The largest absolute Gasteiger partial charge is 0.508 e. The minimum atomic E-state index is -1.09. The predicted octanol–water partition coefficient (Wildman–Crippen LogP) is 4.80. The molecule has 184 valence electrons. The van der Waals surface area contributed by atoms with E-state index in [1.165, 1.54) is 24.0 Å². The number of amides is 3. The van der Waals surface area contributed by atoms with Gasteiger partial charge in [-0.1, -0.05) is 35.9 Å². The van der Waals surface area contributed by atoms with Crippen molar-refractivity contribution in [3.8, 4) is 5.75 Å². The Morgan fingerprint density at radius 1 is 1.15 bits per heavy atom. The topological polar surface area (TPSA) is 108 Å². The number of para-hydroxylation sites is 1. The van der Waals surface area contributed by atoms with E-state index in [1.807, 2.05) is 0 Å². The first-order valence-corrected chi connectivity index (χ1v) is 11.4. The molecule has 8 nitrogen and oxygen atoms in total. The van der Waals surface area contributed by atoms with Gasteiger partial charge in [-0.25, -0.2) is 4.79 Å². The van der Waals surface area contributed by atoms with Crippen LogP contribution in [0.3, 0.4) is 0 Å². The van der Waals surface area contributed by atoms with E-state index in [1.54, 1.807) is 65.0 Å². The Hall–Kier alpha value is -3.26. The molecule has 0 aliphatic carbocycles. The number of benzene rings is 2. The second-order valence-electron chi connectivity index (χ2n) is 8.91. The fourth-order valence-corrected chi connectivity index (χ4v) is 3.68. The van der Waals surface area contributed by atoms with Gasteiger partial charge in [-0.15, -0.1) is 0 Å². The zero-order valence-electron chi connectivity index (χ0n) is 20.3. The summed E-state index contributed by atoms with van der Waals surface area (Å²) < 4.78 is 5.24. The first kappa shape index (κ1) is 27.0. The number of hydrogen-bond acceptors (Lipinski definition) is 5. The molecule has 34 heavy (non-hydrogen) atoms. The van der Waals surface area contributed by atoms with Gasteiger partial charge in [0, 0.05) is 6.54 Å². The molecule has 0 aliphatic rings. The predicted molar refractivity (Wildman–Crippen MR) is 132 cm³/mol. The number of aromatic hydroxyl groups is 1. The minimum absolute atomic E-state index is 0.0485. The molecule has 2 atom stereocenters. The summed E-state index contributed by atoms with van der Waals surface area (Å²) in [7, 11) is 0. The standard InChI is InChI=1S/C25H32ClN3O5/c1-7-29(23(32)16(3)27-24(33)34-25(4,5)6)21(17-11-9-12-18(30)14-17)22(31)28-20-15(2)10-8-13-19(20)26/h8-14,16,21,30H,7H2,1-6H3,(H,27,33)(H,28,31). The lowest BCUT2D eigenvalue weighted by atomic mass is 10.0. The van der Waals surface area contributed by atoms with Crippen LogP contribution in [0.1, 0.15) is 51.8 Å². The van der Waals surface area contributed by atoms with E-state index in [0.29, 0.717) is 16.3 Å². The number of ether oxygens (including phenoxy) is 1. The number of hydrogen-bond donors (Lipinski definition) is 3. The molecule has 0 saturated heterocycles. The second kappa shape index (κ2) is 11.2. The summed E-state index contributed by atoms with van der Waals surface area (Å²) in [5.74, 6) is -1.05. The minimum Gasteiger partial charge on any atom is -0.508 e. The van der Waals surface area contributed by atoms with Gasteiger partial charge in [0.2, 0.25) is 5.91 Å². The molecule has 2 aromatic rings. The maximum Gasteiger partial charge on any atom is 0.408 e. The number of phenolic OH excluding ortho intramolecular Hbond substituents is 1. The van der Waals surface area contributed by atoms with Crippen molar-refractivity contribution in [2.24, 2.45) is 0 Å². The lowest BCUT2D eigenvalue weighted by Gasteiger charge is -2.33. The van der Waals surface area contributed by atoms with E-state index in [9.17, 15) is 19.5 Å². The molecule has 2 rings (SSSR count). The van der Waals surface area contributed by atoms with Gasteiger partial charge in [0.05, 0.1) is 10.7 Å². The van der Waals surface area contributed by atoms with E-state index in [0.717, 1.165) is 5.56 Å². The Bertz CT molecular complexity index is 1030. The van der Waals surface area contributed by atoms with Crippen LogP contribution in [0.25, 0.3) is 0 Å². The van der Waals surface area contributed by atoms with Crippen LogP contribution >= 0.6 is 11.6 Å². The molecule has 0 saturated carbocycles. The van der Waals surface area contributed by atoms with Crippen LogP contribution in [0.2, 0.25) is 5.02 Å². The van der Waals surface area contributed by atoms with E-state index in [-0.39, 0.29) is 12.3 Å². The number of alkyl carbamates (subject to hydrolysis) is 1. The van der Waals surface area contributed by atoms with Crippen molar-refractivity contribution in [2.75, 3.05) is 11.9 Å². The molecule has 0 fully saturated rings. The van der Waals surface area contributed by atoms with Gasteiger partial charge in [0.15, 0.2) is 0 Å². The third-order valence-corrected chi connectivity index (χ3v) is 5.26. The molecule has 0 spiro atoms. The number of aryl methyl sites for hydroxylation is 1. The lowest BCUT2D eigenvalue weighted by Crippen LogP contribution is -2.51. The molecule has 2 unspecified atom stereocenters. The van der Waals surface area contributed by atoms with Gasteiger partial charge >= 0.3 is 6.09 Å². The van der Waals surface area contributed by atoms with Crippen LogP contribution in [-0.4, -0.2) is 46.1 Å². The van der Waals surface area contributed by atoms with Crippen LogP contribution in [-0.2, 0) is 14.3 Å². The monoisotopic (exact) mass is 489 g/mol. The van der Waals surface area contributed by atoms with Gasteiger partial charge in [0.25, 0.3) is 5.91 Å². The number of likely N-dealkylation sites (N-methyl/N-ethyl adjacent to an activating group) is 1. The molecule has 9 heteroatoms. The summed E-state index contributed by atoms with van der Waals surface area (Å²) >= 11 is 6.29. The number of carbonyl (C=O) groups excluding carboxylic acids is 3. The lowest BCUT2D eigenvalue weighted by molar-refractivity contribution is -0.140. The summed E-state index contributed by atoms with van der Waals surface area (Å²) in [6.45, 7) is 10.4. The average Bonchev–Trinajstić information content (AvgIpc) is 2.72. The van der Waals surface area contributed by atoms with Crippen molar-refractivity contribution < 1.29 is 24.2 Å². The Labute approximate surface area is 205 Å². The zero-order chi connectivity index (χ0) is 25.6. The number of nitrogens with one attached hydrogen (secondary N) is 2. The van der Waals surface area contributed by atoms with E-state index < -0.39 is 35.6 Å². The van der Waals surface area contributed by atoms with Gasteiger partial charge in [-0.05, 0) is 70.9 Å². The van der Waals surface area contributed by atoms with Gasteiger partial charge in [0.1, 0.15) is 23.4 Å². The number of nitrogens with zero attached hydrogens (tertiary/aromatic N) is 1. The number of halogens is 1. The average molecular weight is 490 g/mol. The Morgan fingerprint density at radius 3 is 2.35 bits per heavy atom. The van der Waals surface area contributed by atoms with Gasteiger partial charge in [-0.2, -0.15) is 0 Å². The summed E-state index contributed by atoms with van der Waals surface area (Å²) in [5, 5.41) is 15.7. The smallest absolute Gasteiger partial charge is 0.408 e. The van der Waals surface area contributed by atoms with Crippen LogP contribution in [0.4, 0.5) is 10.5 Å². The molecule has 0 bridgehead atoms. The van der Waals surface area contributed by atoms with E-state index in [4.69, 9.17) is 16.3 Å². The van der Waals surface area contributed by atoms with Crippen LogP contribution in [0.5, 0.6) is 5.75 Å². The first-order valence-electron chi connectivity index (χ1n) is 11.0. The summed E-state index contributed by atoms with van der Waals surface area (Å²) in [5.41, 5.74) is 0.864. The van der Waals surface area contributed by atoms with Crippen molar-refractivity contribution in [1.29, 1.82) is 0 Å². The highest BCUT2D eigenvalue weighted by molar-refractivity contribution is 6.34. The fraction of sp³-hybridized carbons (Fsp3) is 0.400. The highest BCUT2D eigenvalue weighted by Gasteiger charge is 2.34. The van der Waals surface area contributed by atoms with Crippen LogP contribution in [0, 0.1) is 6.92 Å². The molecule has 3 amide bonds. The third kappa shape index (κ3) is 7.12. The normalized spacial score (nSPS) is 12.9. The van der Waals surface area contributed by atoms with Crippen molar-refractivity contribution in [3.63, 3.8) is 0 Å². The van der Waals surface area contributed by atoms with E-state index in [2.05, 4.69) is 10.6 Å². The SMILES string of the molecule is CCN(C(=O)C(C)NC(=O)OC(C)(C)C)C(C(=O)Nc1c(C)cccc1Cl)c1cccc(O)c1. The molecule has 2 aromatic carbocycles. The highest BCUT2D eigenvalue weighted by Crippen LogP contribution is 2.30. The molecule has 0 aliphatic heterocycles. The fourth-order valence-electron chi connectivity index (χ4n) is 3.41. The van der Waals surface area contributed by atoms with Crippen molar-refractivity contribution in [3.05, 3.63) is 58.6 Å². The van der Waals surface area contributed by atoms with Crippen LogP contribution < -0.4 is 10.6 Å². The zero-order valence-corrected chi connectivity index (χ0v) is 21.1. The Morgan fingerprint density at radius 2 is 1.79 bits per heavy atom. The maximum absolute atomic E-state index is 13.5. The van der Waals surface area contributed by atoms with E-state index >= 15 is 0 Å². The molecule has 0 radical (unpaired) electrons. The maximum atomic E-state index is 13.5. The Balaban J connectivity index is 2.39. The van der Waals surface area contributed by atoms with Crippen molar-refractivity contribution in [1.82, 2.24) is 10.2 Å². The van der Waals surface area contributed by atoms with Crippen molar-refractivity contribution >= 4 is 35.2 Å². The molecular formula is C25H32ClN3O5. The summed E-state index contributed by atoms with van der Waals surface area (Å²) in [6, 6.07) is 9.30. The van der Waals surface area contributed by atoms with Gasteiger partial charge < -0.3 is 25.4 Å². The second-order valence-corrected chi connectivity index (χ2v) is 9.32. The third-order valence-electron chi connectivity index (χ3n) is 4.94. The number of phenols is 1. The van der Waals surface area contributed by atoms with Crippen molar-refractivity contribution in [2.45, 2.75) is 59.2 Å². The van der Waals surface area contributed by atoms with Gasteiger partial charge in [-0.3, -0.25) is 9.59 Å². The summed E-state index contributed by atoms with van der Waals surface area (Å²) in [4.78, 5) is 40.4. The molecular weight excluding hydrogens is 458 g/mol. The highest BCUT2D eigenvalue weighted by atomic mass is 35.5.